The molecule has 0 fully saturated rings. The van der Waals surface area contributed by atoms with Gasteiger partial charge in [-0.15, -0.1) is 0 Å². The number of hydrogen-bond acceptors (Lipinski definition) is 4. The zero-order chi connectivity index (χ0) is 24.7. The van der Waals surface area contributed by atoms with Crippen molar-refractivity contribution in [1.29, 1.82) is 0 Å². The number of rotatable bonds is 13. The summed E-state index contributed by atoms with van der Waals surface area (Å²) in [5, 5.41) is 12.3. The van der Waals surface area contributed by atoms with E-state index in [-0.39, 0.29) is 18.0 Å². The molecule has 3 rings (SSSR count). The molecule has 184 valence electrons. The molecule has 0 aliphatic rings. The standard InChI is InChI=1S/C28H35N5O2/c29-18-10-17-26(27(34)30-20-23-13-6-2-7-14-23)32-25(19-22-11-4-1-5-12-22)21-31-28(35)33-24-15-8-3-9-16-24/h1-9,11-16,25-26,32H,10,17-21,29H2,(H,30,34)(H2,31,33,35)/t25-,26-/m0/s1. The van der Waals surface area contributed by atoms with Crippen molar-refractivity contribution in [2.24, 2.45) is 5.73 Å². The first-order chi connectivity index (χ1) is 17.1. The second kappa shape index (κ2) is 14.6. The van der Waals surface area contributed by atoms with Gasteiger partial charge >= 0.3 is 6.03 Å². The predicted octanol–water partition coefficient (Wildman–Crippen LogP) is 3.43. The van der Waals surface area contributed by atoms with Crippen LogP contribution >= 0.6 is 0 Å². The molecule has 3 amide bonds. The molecule has 6 N–H and O–H groups in total. The van der Waals surface area contributed by atoms with Crippen LogP contribution < -0.4 is 27.0 Å². The van der Waals surface area contributed by atoms with E-state index >= 15 is 0 Å². The highest BCUT2D eigenvalue weighted by molar-refractivity contribution is 5.89. The highest BCUT2D eigenvalue weighted by atomic mass is 16.2. The monoisotopic (exact) mass is 473 g/mol. The molecule has 0 unspecified atom stereocenters. The average Bonchev–Trinajstić information content (AvgIpc) is 2.90. The van der Waals surface area contributed by atoms with Crippen LogP contribution in [0.2, 0.25) is 0 Å². The fourth-order valence-corrected chi connectivity index (χ4v) is 3.81. The van der Waals surface area contributed by atoms with Crippen molar-refractivity contribution >= 4 is 17.6 Å². The maximum Gasteiger partial charge on any atom is 0.319 e. The van der Waals surface area contributed by atoms with Crippen LogP contribution in [0.3, 0.4) is 0 Å². The van der Waals surface area contributed by atoms with Crippen molar-refractivity contribution < 1.29 is 9.59 Å². The summed E-state index contributed by atoms with van der Waals surface area (Å²) in [5.74, 6) is -0.0749. The number of para-hydroxylation sites is 1. The van der Waals surface area contributed by atoms with E-state index in [0.29, 0.717) is 32.5 Å². The summed E-state index contributed by atoms with van der Waals surface area (Å²) in [5.41, 5.74) is 8.63. The molecule has 0 bridgehead atoms. The van der Waals surface area contributed by atoms with Crippen molar-refractivity contribution in [3.8, 4) is 0 Å². The first kappa shape index (κ1) is 25.9. The first-order valence-corrected chi connectivity index (χ1v) is 12.1. The van der Waals surface area contributed by atoms with E-state index in [9.17, 15) is 9.59 Å². The summed E-state index contributed by atoms with van der Waals surface area (Å²) < 4.78 is 0. The smallest absolute Gasteiger partial charge is 0.319 e. The molecule has 0 aliphatic heterocycles. The lowest BCUT2D eigenvalue weighted by Crippen LogP contribution is -2.52. The number of benzene rings is 3. The summed E-state index contributed by atoms with van der Waals surface area (Å²) in [6.45, 7) is 1.32. The lowest BCUT2D eigenvalue weighted by Gasteiger charge is -2.26. The molecular formula is C28H35N5O2. The topological polar surface area (TPSA) is 108 Å². The molecule has 0 aromatic heterocycles. The van der Waals surface area contributed by atoms with Gasteiger partial charge in [0.2, 0.25) is 5.91 Å². The second-order valence-corrected chi connectivity index (χ2v) is 8.44. The minimum Gasteiger partial charge on any atom is -0.351 e. The number of carbonyl (C=O) groups excluding carboxylic acids is 2. The maximum absolute atomic E-state index is 13.1. The van der Waals surface area contributed by atoms with Crippen LogP contribution in [0, 0.1) is 0 Å². The van der Waals surface area contributed by atoms with Crippen LogP contribution in [-0.2, 0) is 17.8 Å². The second-order valence-electron chi connectivity index (χ2n) is 8.44. The molecule has 35 heavy (non-hydrogen) atoms. The predicted molar refractivity (Wildman–Crippen MR) is 141 cm³/mol. The Bertz CT molecular complexity index is 1020. The van der Waals surface area contributed by atoms with Crippen LogP contribution in [0.4, 0.5) is 10.5 Å². The first-order valence-electron chi connectivity index (χ1n) is 12.1. The van der Waals surface area contributed by atoms with Gasteiger partial charge in [-0.25, -0.2) is 4.79 Å². The van der Waals surface area contributed by atoms with Gasteiger partial charge in [0.05, 0.1) is 6.04 Å². The number of amides is 3. The quantitative estimate of drug-likeness (QED) is 0.262. The van der Waals surface area contributed by atoms with Gasteiger partial charge in [-0.3, -0.25) is 4.79 Å². The summed E-state index contributed by atoms with van der Waals surface area (Å²) in [7, 11) is 0. The molecule has 7 heteroatoms. The molecule has 0 heterocycles. The SMILES string of the molecule is NCCC[C@H](N[C@H](CNC(=O)Nc1ccccc1)Cc1ccccc1)C(=O)NCc1ccccc1. The largest absolute Gasteiger partial charge is 0.351 e. The molecule has 7 nitrogen and oxygen atoms in total. The van der Waals surface area contributed by atoms with Crippen molar-refractivity contribution in [2.75, 3.05) is 18.4 Å². The van der Waals surface area contributed by atoms with Gasteiger partial charge in [-0.1, -0.05) is 78.9 Å². The summed E-state index contributed by atoms with van der Waals surface area (Å²) >= 11 is 0. The van der Waals surface area contributed by atoms with E-state index in [1.54, 1.807) is 0 Å². The lowest BCUT2D eigenvalue weighted by molar-refractivity contribution is -0.123. The summed E-state index contributed by atoms with van der Waals surface area (Å²) in [6.07, 6.45) is 1.99. The molecule has 0 saturated carbocycles. The Labute approximate surface area is 207 Å². The van der Waals surface area contributed by atoms with Gasteiger partial charge in [0, 0.05) is 24.8 Å². The number of anilines is 1. The number of hydrogen-bond donors (Lipinski definition) is 5. The van der Waals surface area contributed by atoms with E-state index < -0.39 is 6.04 Å². The highest BCUT2D eigenvalue weighted by Crippen LogP contribution is 2.08. The van der Waals surface area contributed by atoms with Crippen molar-refractivity contribution in [3.05, 3.63) is 102 Å². The zero-order valence-electron chi connectivity index (χ0n) is 20.0. The van der Waals surface area contributed by atoms with Gasteiger partial charge in [-0.05, 0) is 49.1 Å². The van der Waals surface area contributed by atoms with E-state index in [1.807, 2.05) is 91.0 Å². The van der Waals surface area contributed by atoms with Crippen LogP contribution in [0.1, 0.15) is 24.0 Å². The molecule has 3 aromatic rings. The Morgan fingerprint density at radius 2 is 1.37 bits per heavy atom. The van der Waals surface area contributed by atoms with E-state index in [4.69, 9.17) is 5.73 Å². The minimum absolute atomic E-state index is 0.0749. The van der Waals surface area contributed by atoms with Crippen molar-refractivity contribution in [1.82, 2.24) is 16.0 Å². The van der Waals surface area contributed by atoms with Crippen LogP contribution in [0.25, 0.3) is 0 Å². The van der Waals surface area contributed by atoms with E-state index in [2.05, 4.69) is 21.3 Å². The molecular weight excluding hydrogens is 438 g/mol. The number of nitrogens with one attached hydrogen (secondary N) is 4. The van der Waals surface area contributed by atoms with Gasteiger partial charge in [-0.2, -0.15) is 0 Å². The third-order valence-corrected chi connectivity index (χ3v) is 5.63. The van der Waals surface area contributed by atoms with Gasteiger partial charge in [0.15, 0.2) is 0 Å². The number of carbonyl (C=O) groups is 2. The number of nitrogens with two attached hydrogens (primary N) is 1. The normalized spacial score (nSPS) is 12.4. The third kappa shape index (κ3) is 9.60. The fourth-order valence-electron chi connectivity index (χ4n) is 3.81. The Morgan fingerprint density at radius 1 is 0.771 bits per heavy atom. The molecule has 0 aliphatic carbocycles. The minimum atomic E-state index is -0.421. The van der Waals surface area contributed by atoms with E-state index in [0.717, 1.165) is 23.2 Å². The van der Waals surface area contributed by atoms with Gasteiger partial charge in [0.1, 0.15) is 0 Å². The van der Waals surface area contributed by atoms with Gasteiger partial charge < -0.3 is 27.0 Å². The maximum atomic E-state index is 13.1. The van der Waals surface area contributed by atoms with Crippen LogP contribution in [-0.4, -0.2) is 37.1 Å². The van der Waals surface area contributed by atoms with Crippen LogP contribution in [0.15, 0.2) is 91.0 Å². The van der Waals surface area contributed by atoms with Crippen molar-refractivity contribution in [2.45, 2.75) is 37.9 Å². The number of urea groups is 1. The third-order valence-electron chi connectivity index (χ3n) is 5.63. The van der Waals surface area contributed by atoms with Gasteiger partial charge in [0.25, 0.3) is 0 Å². The Balaban J connectivity index is 1.64. The molecule has 0 spiro atoms. The summed E-state index contributed by atoms with van der Waals surface area (Å²) in [4.78, 5) is 25.6. The zero-order valence-corrected chi connectivity index (χ0v) is 20.0. The highest BCUT2D eigenvalue weighted by Gasteiger charge is 2.22. The molecule has 2 atom stereocenters. The fraction of sp³-hybridized carbons (Fsp3) is 0.286. The molecule has 0 saturated heterocycles. The Hall–Kier alpha value is -3.68. The van der Waals surface area contributed by atoms with Crippen molar-refractivity contribution in [3.63, 3.8) is 0 Å². The molecule has 0 radical (unpaired) electrons. The summed E-state index contributed by atoms with van der Waals surface area (Å²) in [6, 6.07) is 28.3. The van der Waals surface area contributed by atoms with E-state index in [1.165, 1.54) is 0 Å². The lowest BCUT2D eigenvalue weighted by atomic mass is 10.0. The Kier molecular flexibility index (Phi) is 10.8. The Morgan fingerprint density at radius 3 is 2.00 bits per heavy atom. The average molecular weight is 474 g/mol. The molecule has 3 aromatic carbocycles. The van der Waals surface area contributed by atoms with Crippen LogP contribution in [0.5, 0.6) is 0 Å².